The largest absolute Gasteiger partial charge is 0.481 e. The lowest BCUT2D eigenvalue weighted by Gasteiger charge is -2.22. The summed E-state index contributed by atoms with van der Waals surface area (Å²) >= 11 is 0. The maximum atomic E-state index is 12.4. The van der Waals surface area contributed by atoms with Gasteiger partial charge in [0.25, 0.3) is 5.91 Å². The molecule has 0 aromatic heterocycles. The van der Waals surface area contributed by atoms with Gasteiger partial charge in [-0.15, -0.1) is 0 Å². The average Bonchev–Trinajstić information content (AvgIpc) is 2.81. The fourth-order valence-corrected chi connectivity index (χ4v) is 5.36. The van der Waals surface area contributed by atoms with Crippen molar-refractivity contribution in [2.24, 2.45) is 11.8 Å². The molecule has 29 heavy (non-hydrogen) atoms. The van der Waals surface area contributed by atoms with Crippen molar-refractivity contribution < 1.29 is 27.9 Å². The third-order valence-corrected chi connectivity index (χ3v) is 7.59. The van der Waals surface area contributed by atoms with Crippen LogP contribution in [0.4, 0.5) is 4.79 Å². The Labute approximate surface area is 172 Å². The van der Waals surface area contributed by atoms with Crippen molar-refractivity contribution >= 4 is 27.9 Å². The van der Waals surface area contributed by atoms with E-state index < -0.39 is 39.2 Å². The normalized spacial score (nSPS) is 21.6. The third kappa shape index (κ3) is 5.91. The van der Waals surface area contributed by atoms with Crippen LogP contribution < -0.4 is 4.72 Å². The molecule has 9 nitrogen and oxygen atoms in total. The Morgan fingerprint density at radius 1 is 1.24 bits per heavy atom. The number of carboxylic acid groups (broad SMARTS) is 1. The van der Waals surface area contributed by atoms with E-state index in [1.807, 2.05) is 0 Å². The monoisotopic (exact) mass is 431 g/mol. The lowest BCUT2D eigenvalue weighted by molar-refractivity contribution is -0.141. The number of aliphatic carboxylic acids is 1. The highest BCUT2D eigenvalue weighted by Gasteiger charge is 2.48. The van der Waals surface area contributed by atoms with Crippen molar-refractivity contribution in [2.75, 3.05) is 25.9 Å². The molecule has 10 heteroatoms. The van der Waals surface area contributed by atoms with Crippen LogP contribution in [0, 0.1) is 11.8 Å². The maximum absolute atomic E-state index is 12.4. The first-order chi connectivity index (χ1) is 13.5. The Morgan fingerprint density at radius 3 is 2.38 bits per heavy atom. The summed E-state index contributed by atoms with van der Waals surface area (Å²) in [5, 5.41) is 9.43. The second-order valence-electron chi connectivity index (χ2n) is 8.67. The fraction of sp³-hybridized carbons (Fsp3) is 0.842. The first-order valence-corrected chi connectivity index (χ1v) is 11.9. The number of amides is 3. The van der Waals surface area contributed by atoms with Gasteiger partial charge in [0.05, 0.1) is 11.7 Å². The molecule has 1 aliphatic carbocycles. The molecule has 2 aliphatic rings. The van der Waals surface area contributed by atoms with Gasteiger partial charge in [-0.05, 0) is 45.4 Å². The van der Waals surface area contributed by atoms with Crippen LogP contribution >= 0.6 is 0 Å². The molecule has 0 aromatic rings. The van der Waals surface area contributed by atoms with Gasteiger partial charge < -0.3 is 10.0 Å². The molecule has 2 fully saturated rings. The van der Waals surface area contributed by atoms with Gasteiger partial charge in [0, 0.05) is 20.1 Å². The van der Waals surface area contributed by atoms with Crippen molar-refractivity contribution in [1.82, 2.24) is 14.5 Å². The summed E-state index contributed by atoms with van der Waals surface area (Å²) in [4.78, 5) is 38.6. The molecule has 2 N–H and O–H groups in total. The standard InChI is InChI=1S/C19H33N3O6S/c1-19(2)17(25)22(18(26)21(19)3)11-7-10-15(16(23)24)13-29(27,28)20-12-14-8-5-4-6-9-14/h14-15,20H,4-13H2,1-3H3,(H,23,24). The van der Waals surface area contributed by atoms with E-state index in [4.69, 9.17) is 0 Å². The van der Waals surface area contributed by atoms with Gasteiger partial charge in [-0.3, -0.25) is 14.5 Å². The summed E-state index contributed by atoms with van der Waals surface area (Å²) in [5.41, 5.74) is -0.935. The van der Waals surface area contributed by atoms with Crippen molar-refractivity contribution in [1.29, 1.82) is 0 Å². The molecule has 0 spiro atoms. The number of hydrogen-bond donors (Lipinski definition) is 2. The van der Waals surface area contributed by atoms with E-state index in [9.17, 15) is 27.9 Å². The van der Waals surface area contributed by atoms with E-state index in [0.717, 1.165) is 30.6 Å². The Morgan fingerprint density at radius 2 is 1.86 bits per heavy atom. The molecule has 1 heterocycles. The molecule has 166 valence electrons. The Balaban J connectivity index is 1.86. The van der Waals surface area contributed by atoms with Gasteiger partial charge in [0.1, 0.15) is 5.54 Å². The van der Waals surface area contributed by atoms with E-state index in [-0.39, 0.29) is 25.3 Å². The van der Waals surface area contributed by atoms with Crippen LogP contribution in [0.3, 0.4) is 0 Å². The van der Waals surface area contributed by atoms with E-state index in [1.165, 1.54) is 11.3 Å². The third-order valence-electron chi connectivity index (χ3n) is 6.15. The first-order valence-electron chi connectivity index (χ1n) is 10.3. The van der Waals surface area contributed by atoms with Crippen LogP contribution in [0.2, 0.25) is 0 Å². The molecule has 1 saturated heterocycles. The number of carbonyl (C=O) groups is 3. The van der Waals surface area contributed by atoms with Gasteiger partial charge in [0.15, 0.2) is 0 Å². The smallest absolute Gasteiger partial charge is 0.327 e. The minimum Gasteiger partial charge on any atom is -0.481 e. The zero-order valence-electron chi connectivity index (χ0n) is 17.5. The number of carboxylic acids is 1. The lowest BCUT2D eigenvalue weighted by atomic mass is 9.90. The summed E-state index contributed by atoms with van der Waals surface area (Å²) in [6.45, 7) is 3.73. The molecule has 2 rings (SSSR count). The summed E-state index contributed by atoms with van der Waals surface area (Å²) < 4.78 is 27.2. The quantitative estimate of drug-likeness (QED) is 0.507. The highest BCUT2D eigenvalue weighted by molar-refractivity contribution is 7.89. The fourth-order valence-electron chi connectivity index (χ4n) is 3.91. The Bertz CT molecular complexity index is 730. The number of sulfonamides is 1. The SMILES string of the molecule is CN1C(=O)N(CCCC(CS(=O)(=O)NCC2CCCCC2)C(=O)O)C(=O)C1(C)C. The van der Waals surface area contributed by atoms with Gasteiger partial charge in [0.2, 0.25) is 10.0 Å². The van der Waals surface area contributed by atoms with Gasteiger partial charge in [-0.25, -0.2) is 17.9 Å². The summed E-state index contributed by atoms with van der Waals surface area (Å²) in [6, 6.07) is -0.423. The second-order valence-corrected chi connectivity index (χ2v) is 10.5. The van der Waals surface area contributed by atoms with E-state index in [1.54, 1.807) is 20.9 Å². The lowest BCUT2D eigenvalue weighted by Crippen LogP contribution is -2.41. The van der Waals surface area contributed by atoms with Crippen molar-refractivity contribution in [3.63, 3.8) is 0 Å². The topological polar surface area (TPSA) is 124 Å². The van der Waals surface area contributed by atoms with Gasteiger partial charge in [-0.2, -0.15) is 0 Å². The summed E-state index contributed by atoms with van der Waals surface area (Å²) in [6.07, 6.45) is 5.67. The number of imide groups is 1. The number of carbonyl (C=O) groups excluding carboxylic acids is 2. The zero-order chi connectivity index (χ0) is 21.8. The number of nitrogens with zero attached hydrogens (tertiary/aromatic N) is 2. The van der Waals surface area contributed by atoms with Crippen LogP contribution in [0.25, 0.3) is 0 Å². The van der Waals surface area contributed by atoms with E-state index in [0.29, 0.717) is 12.5 Å². The van der Waals surface area contributed by atoms with E-state index >= 15 is 0 Å². The van der Waals surface area contributed by atoms with Gasteiger partial charge >= 0.3 is 12.0 Å². The van der Waals surface area contributed by atoms with Crippen molar-refractivity contribution in [3.05, 3.63) is 0 Å². The van der Waals surface area contributed by atoms with Crippen LogP contribution in [0.15, 0.2) is 0 Å². The maximum Gasteiger partial charge on any atom is 0.327 e. The number of rotatable bonds is 10. The molecule has 1 atom stereocenters. The minimum atomic E-state index is -3.71. The molecular formula is C19H33N3O6S. The molecule has 0 bridgehead atoms. The summed E-state index contributed by atoms with van der Waals surface area (Å²) in [5.74, 6) is -2.79. The Hall–Kier alpha value is -1.68. The molecular weight excluding hydrogens is 398 g/mol. The number of hydrogen-bond acceptors (Lipinski definition) is 5. The van der Waals surface area contributed by atoms with Crippen molar-refractivity contribution in [2.45, 2.75) is 64.3 Å². The predicted octanol–water partition coefficient (Wildman–Crippen LogP) is 1.64. The van der Waals surface area contributed by atoms with Gasteiger partial charge in [-0.1, -0.05) is 19.3 Å². The first kappa shape index (κ1) is 23.6. The number of likely N-dealkylation sites (N-methyl/N-ethyl adjacent to an activating group) is 1. The van der Waals surface area contributed by atoms with Crippen molar-refractivity contribution in [3.8, 4) is 0 Å². The highest BCUT2D eigenvalue weighted by atomic mass is 32.2. The van der Waals surface area contributed by atoms with Crippen LogP contribution in [-0.4, -0.2) is 72.7 Å². The van der Waals surface area contributed by atoms with Crippen LogP contribution in [0.5, 0.6) is 0 Å². The second kappa shape index (κ2) is 9.42. The van der Waals surface area contributed by atoms with Crippen LogP contribution in [-0.2, 0) is 19.6 Å². The summed E-state index contributed by atoms with van der Waals surface area (Å²) in [7, 11) is -2.16. The predicted molar refractivity (Wildman–Crippen MR) is 108 cm³/mol. The number of urea groups is 1. The Kier molecular flexibility index (Phi) is 7.67. The molecule has 0 radical (unpaired) electrons. The van der Waals surface area contributed by atoms with Crippen LogP contribution in [0.1, 0.15) is 58.8 Å². The molecule has 0 aromatic carbocycles. The van der Waals surface area contributed by atoms with E-state index in [2.05, 4.69) is 4.72 Å². The zero-order valence-corrected chi connectivity index (χ0v) is 18.3. The molecule has 1 saturated carbocycles. The number of nitrogens with one attached hydrogen (secondary N) is 1. The molecule has 1 aliphatic heterocycles. The molecule has 3 amide bonds. The molecule has 1 unspecified atom stereocenters. The highest BCUT2D eigenvalue weighted by Crippen LogP contribution is 2.26. The average molecular weight is 432 g/mol. The minimum absolute atomic E-state index is 0.0703.